The Labute approximate surface area is 70.8 Å². The smallest absolute Gasteiger partial charge is 0.151 e. The third-order valence-corrected chi connectivity index (χ3v) is 2.54. The van der Waals surface area contributed by atoms with Crippen LogP contribution in [0.1, 0.15) is 15.9 Å². The van der Waals surface area contributed by atoms with Crippen molar-refractivity contribution in [3.8, 4) is 0 Å². The number of aldehydes is 1. The third kappa shape index (κ3) is 1.63. The van der Waals surface area contributed by atoms with E-state index >= 15 is 0 Å². The summed E-state index contributed by atoms with van der Waals surface area (Å²) in [4.78, 5) is 11.6. The van der Waals surface area contributed by atoms with E-state index in [2.05, 4.69) is 0 Å². The molecule has 0 radical (unpaired) electrons. The molecule has 0 fully saturated rings. The van der Waals surface area contributed by atoms with Crippen LogP contribution in [0.25, 0.3) is 0 Å². The average molecular weight is 166 g/mol. The molecule has 0 saturated heterocycles. The molecule has 1 nitrogen and oxygen atoms in total. The minimum absolute atomic E-state index is 0.789. The van der Waals surface area contributed by atoms with E-state index in [0.717, 1.165) is 16.7 Å². The van der Waals surface area contributed by atoms with Gasteiger partial charge in [0.1, 0.15) is 0 Å². The highest BCUT2D eigenvalue weighted by molar-refractivity contribution is 7.98. The van der Waals surface area contributed by atoms with Crippen LogP contribution in [0.2, 0.25) is 0 Å². The van der Waals surface area contributed by atoms with Gasteiger partial charge >= 0.3 is 0 Å². The Morgan fingerprint density at radius 3 is 2.64 bits per heavy atom. The molecular formula is C9H10OS. The van der Waals surface area contributed by atoms with Gasteiger partial charge in [-0.05, 0) is 18.7 Å². The highest BCUT2D eigenvalue weighted by Crippen LogP contribution is 2.22. The van der Waals surface area contributed by atoms with Gasteiger partial charge in [0.2, 0.25) is 0 Å². The van der Waals surface area contributed by atoms with Crippen molar-refractivity contribution in [2.45, 2.75) is 11.8 Å². The van der Waals surface area contributed by atoms with Crippen molar-refractivity contribution in [1.82, 2.24) is 0 Å². The van der Waals surface area contributed by atoms with Crippen LogP contribution in [0.5, 0.6) is 0 Å². The van der Waals surface area contributed by atoms with E-state index in [-0.39, 0.29) is 0 Å². The van der Waals surface area contributed by atoms with Gasteiger partial charge in [-0.2, -0.15) is 0 Å². The molecule has 2 heteroatoms. The number of carbonyl (C=O) groups excluding carboxylic acids is 1. The van der Waals surface area contributed by atoms with E-state index in [1.807, 2.05) is 31.4 Å². The van der Waals surface area contributed by atoms with Gasteiger partial charge in [-0.25, -0.2) is 0 Å². The van der Waals surface area contributed by atoms with Crippen LogP contribution in [0.3, 0.4) is 0 Å². The lowest BCUT2D eigenvalue weighted by molar-refractivity contribution is 0.112. The number of rotatable bonds is 2. The predicted octanol–water partition coefficient (Wildman–Crippen LogP) is 2.53. The first-order valence-corrected chi connectivity index (χ1v) is 4.61. The zero-order chi connectivity index (χ0) is 8.27. The van der Waals surface area contributed by atoms with Crippen molar-refractivity contribution in [2.75, 3.05) is 6.26 Å². The third-order valence-electron chi connectivity index (χ3n) is 1.57. The summed E-state index contributed by atoms with van der Waals surface area (Å²) in [5.41, 5.74) is 1.96. The van der Waals surface area contributed by atoms with Crippen LogP contribution in [0.15, 0.2) is 23.1 Å². The van der Waals surface area contributed by atoms with Crippen molar-refractivity contribution < 1.29 is 4.79 Å². The summed E-state index contributed by atoms with van der Waals surface area (Å²) < 4.78 is 0. The van der Waals surface area contributed by atoms with E-state index in [4.69, 9.17) is 0 Å². The summed E-state index contributed by atoms with van der Waals surface area (Å²) in [7, 11) is 0. The van der Waals surface area contributed by atoms with Gasteiger partial charge in [0.25, 0.3) is 0 Å². The zero-order valence-corrected chi connectivity index (χ0v) is 7.44. The topological polar surface area (TPSA) is 17.1 Å². The Kier molecular flexibility index (Phi) is 2.71. The van der Waals surface area contributed by atoms with E-state index in [0.29, 0.717) is 0 Å². The zero-order valence-electron chi connectivity index (χ0n) is 6.63. The van der Waals surface area contributed by atoms with Crippen molar-refractivity contribution >= 4 is 18.0 Å². The molecule has 1 aromatic rings. The summed E-state index contributed by atoms with van der Waals surface area (Å²) in [6, 6.07) is 5.75. The predicted molar refractivity (Wildman–Crippen MR) is 48.3 cm³/mol. The highest BCUT2D eigenvalue weighted by Gasteiger charge is 2.01. The molecule has 0 aromatic heterocycles. The standard InChI is InChI=1S/C9H10OS/c1-7-4-3-5-8(6-10)9(7)11-2/h3-6H,1-2H3. The number of carbonyl (C=O) groups is 1. The van der Waals surface area contributed by atoms with E-state index in [1.54, 1.807) is 11.8 Å². The lowest BCUT2D eigenvalue weighted by Gasteiger charge is -2.03. The maximum absolute atomic E-state index is 10.5. The molecule has 0 unspecified atom stereocenters. The summed E-state index contributed by atoms with van der Waals surface area (Å²) in [6.45, 7) is 2.01. The van der Waals surface area contributed by atoms with E-state index in [1.165, 1.54) is 5.56 Å². The SMILES string of the molecule is CSc1c(C)cccc1C=O. The molecule has 0 amide bonds. The Morgan fingerprint density at radius 1 is 1.45 bits per heavy atom. The Hall–Kier alpha value is -0.760. The quantitative estimate of drug-likeness (QED) is 0.496. The van der Waals surface area contributed by atoms with Gasteiger partial charge in [-0.15, -0.1) is 11.8 Å². The molecule has 0 aliphatic carbocycles. The van der Waals surface area contributed by atoms with Crippen LogP contribution in [0, 0.1) is 6.92 Å². The Bertz CT molecular complexity index is 268. The second-order valence-electron chi connectivity index (χ2n) is 2.32. The van der Waals surface area contributed by atoms with Gasteiger partial charge in [-0.1, -0.05) is 18.2 Å². The second kappa shape index (κ2) is 3.58. The fraction of sp³-hybridized carbons (Fsp3) is 0.222. The van der Waals surface area contributed by atoms with E-state index in [9.17, 15) is 4.79 Å². The molecular weight excluding hydrogens is 156 g/mol. The van der Waals surface area contributed by atoms with Crippen molar-refractivity contribution in [3.05, 3.63) is 29.3 Å². The van der Waals surface area contributed by atoms with Crippen molar-refractivity contribution in [3.63, 3.8) is 0 Å². The lowest BCUT2D eigenvalue weighted by atomic mass is 10.1. The fourth-order valence-electron chi connectivity index (χ4n) is 1.05. The molecule has 0 aliphatic rings. The van der Waals surface area contributed by atoms with Gasteiger partial charge < -0.3 is 0 Å². The first kappa shape index (κ1) is 8.34. The fourth-order valence-corrected chi connectivity index (χ4v) is 1.79. The van der Waals surface area contributed by atoms with Crippen LogP contribution < -0.4 is 0 Å². The molecule has 11 heavy (non-hydrogen) atoms. The summed E-state index contributed by atoms with van der Waals surface area (Å²) in [5, 5.41) is 0. The minimum Gasteiger partial charge on any atom is -0.298 e. The van der Waals surface area contributed by atoms with Crippen LogP contribution >= 0.6 is 11.8 Å². The normalized spacial score (nSPS) is 9.64. The molecule has 1 aromatic carbocycles. The largest absolute Gasteiger partial charge is 0.298 e. The monoisotopic (exact) mass is 166 g/mol. The van der Waals surface area contributed by atoms with Gasteiger partial charge in [0.15, 0.2) is 6.29 Å². The number of hydrogen-bond donors (Lipinski definition) is 0. The van der Waals surface area contributed by atoms with E-state index < -0.39 is 0 Å². The molecule has 0 aliphatic heterocycles. The Morgan fingerprint density at radius 2 is 2.18 bits per heavy atom. The molecule has 0 spiro atoms. The summed E-state index contributed by atoms with van der Waals surface area (Å²) in [6.07, 6.45) is 2.88. The highest BCUT2D eigenvalue weighted by atomic mass is 32.2. The van der Waals surface area contributed by atoms with Gasteiger partial charge in [0, 0.05) is 10.5 Å². The van der Waals surface area contributed by atoms with Gasteiger partial charge in [0.05, 0.1) is 0 Å². The number of thioether (sulfide) groups is 1. The molecule has 0 bridgehead atoms. The van der Waals surface area contributed by atoms with Gasteiger partial charge in [-0.3, -0.25) is 4.79 Å². The molecule has 1 rings (SSSR count). The molecule has 0 atom stereocenters. The lowest BCUT2D eigenvalue weighted by Crippen LogP contribution is -1.86. The number of hydrogen-bond acceptors (Lipinski definition) is 2. The molecule has 0 saturated carbocycles. The number of benzene rings is 1. The maximum atomic E-state index is 10.5. The average Bonchev–Trinajstić information content (AvgIpc) is 2.04. The minimum atomic E-state index is 0.789. The van der Waals surface area contributed by atoms with Crippen LogP contribution in [0.4, 0.5) is 0 Å². The maximum Gasteiger partial charge on any atom is 0.151 e. The number of aryl methyl sites for hydroxylation is 1. The van der Waals surface area contributed by atoms with Crippen LogP contribution in [-0.4, -0.2) is 12.5 Å². The van der Waals surface area contributed by atoms with Crippen LogP contribution in [-0.2, 0) is 0 Å². The second-order valence-corrected chi connectivity index (χ2v) is 3.13. The van der Waals surface area contributed by atoms with Crippen molar-refractivity contribution in [2.24, 2.45) is 0 Å². The summed E-state index contributed by atoms with van der Waals surface area (Å²) >= 11 is 1.62. The molecule has 0 heterocycles. The van der Waals surface area contributed by atoms with Crippen molar-refractivity contribution in [1.29, 1.82) is 0 Å². The summed E-state index contributed by atoms with van der Waals surface area (Å²) in [5.74, 6) is 0. The Balaban J connectivity index is 3.23. The first-order valence-electron chi connectivity index (χ1n) is 3.38. The molecule has 58 valence electrons. The molecule has 0 N–H and O–H groups in total. The first-order chi connectivity index (χ1) is 5.29.